The van der Waals surface area contributed by atoms with Crippen molar-refractivity contribution in [2.45, 2.75) is 0 Å². The Labute approximate surface area is 125 Å². The smallest absolute Gasteiger partial charge is 0.167 e. The van der Waals surface area contributed by atoms with Gasteiger partial charge in [-0.25, -0.2) is 0 Å². The molecule has 0 saturated heterocycles. The number of aromatic nitrogens is 4. The van der Waals surface area contributed by atoms with Gasteiger partial charge in [-0.3, -0.25) is 9.97 Å². The average Bonchev–Trinajstić information content (AvgIpc) is 3.26. The first-order valence-electron chi connectivity index (χ1n) is 6.65. The van der Waals surface area contributed by atoms with E-state index in [2.05, 4.69) is 20.3 Å². The van der Waals surface area contributed by atoms with Crippen LogP contribution >= 0.6 is 0 Å². The van der Waals surface area contributed by atoms with Gasteiger partial charge in [-0.1, -0.05) is 10.3 Å². The third-order valence-corrected chi connectivity index (χ3v) is 3.21. The van der Waals surface area contributed by atoms with Crippen LogP contribution in [0.3, 0.4) is 0 Å². The zero-order valence-corrected chi connectivity index (χ0v) is 11.4. The van der Waals surface area contributed by atoms with Crippen molar-refractivity contribution in [3.8, 4) is 34.0 Å². The molecule has 4 rings (SSSR count). The van der Waals surface area contributed by atoms with Crippen LogP contribution in [0.1, 0.15) is 0 Å². The van der Waals surface area contributed by atoms with Crippen LogP contribution < -0.4 is 0 Å². The van der Waals surface area contributed by atoms with E-state index in [1.165, 1.54) is 0 Å². The highest BCUT2D eigenvalue weighted by Gasteiger charge is 2.13. The summed E-state index contributed by atoms with van der Waals surface area (Å²) in [5, 5.41) is 8.08. The van der Waals surface area contributed by atoms with Gasteiger partial charge in [0.05, 0.1) is 0 Å². The molecule has 0 aromatic carbocycles. The summed E-state index contributed by atoms with van der Waals surface area (Å²) in [6.45, 7) is 0. The summed E-state index contributed by atoms with van der Waals surface area (Å²) in [5.41, 5.74) is 3.06. The number of hydrogen-bond donors (Lipinski definition) is 0. The van der Waals surface area contributed by atoms with Crippen molar-refractivity contribution in [3.63, 3.8) is 0 Å². The van der Waals surface area contributed by atoms with Crippen molar-refractivity contribution in [2.75, 3.05) is 0 Å². The van der Waals surface area contributed by atoms with Crippen LogP contribution in [-0.4, -0.2) is 20.3 Å². The van der Waals surface area contributed by atoms with Gasteiger partial charge in [0.15, 0.2) is 11.5 Å². The van der Waals surface area contributed by atoms with Crippen molar-refractivity contribution in [1.29, 1.82) is 0 Å². The van der Waals surface area contributed by atoms with E-state index in [1.54, 1.807) is 24.8 Å². The molecule has 0 amide bonds. The van der Waals surface area contributed by atoms with Gasteiger partial charge in [0.25, 0.3) is 0 Å². The van der Waals surface area contributed by atoms with Gasteiger partial charge < -0.3 is 9.05 Å². The molecule has 4 aromatic rings. The Kier molecular flexibility index (Phi) is 2.97. The highest BCUT2D eigenvalue weighted by Crippen LogP contribution is 2.28. The molecule has 0 aliphatic carbocycles. The van der Waals surface area contributed by atoms with Crippen molar-refractivity contribution >= 4 is 0 Å². The normalized spacial score (nSPS) is 10.7. The molecular weight excluding hydrogens is 280 g/mol. The van der Waals surface area contributed by atoms with Gasteiger partial charge in [0.1, 0.15) is 11.4 Å². The molecule has 4 heterocycles. The summed E-state index contributed by atoms with van der Waals surface area (Å²) in [6, 6.07) is 11.1. The average molecular weight is 290 g/mol. The van der Waals surface area contributed by atoms with E-state index in [1.807, 2.05) is 36.4 Å². The fraction of sp³-hybridized carbons (Fsp3) is 0. The first-order chi connectivity index (χ1) is 10.9. The summed E-state index contributed by atoms with van der Waals surface area (Å²) in [6.07, 6.45) is 6.81. The summed E-state index contributed by atoms with van der Waals surface area (Å²) in [5.74, 6) is 1.32. The van der Waals surface area contributed by atoms with E-state index >= 15 is 0 Å². The summed E-state index contributed by atoms with van der Waals surface area (Å²) >= 11 is 0. The summed E-state index contributed by atoms with van der Waals surface area (Å²) < 4.78 is 10.7. The summed E-state index contributed by atoms with van der Waals surface area (Å²) in [4.78, 5) is 7.96. The lowest BCUT2D eigenvalue weighted by Gasteiger charge is -1.91. The molecule has 0 radical (unpaired) electrons. The molecule has 0 bridgehead atoms. The molecule has 4 aromatic heterocycles. The quantitative estimate of drug-likeness (QED) is 0.575. The first-order valence-corrected chi connectivity index (χ1v) is 6.65. The maximum atomic E-state index is 5.35. The van der Waals surface area contributed by atoms with Gasteiger partial charge >= 0.3 is 0 Å². The third kappa shape index (κ3) is 2.26. The Morgan fingerprint density at radius 3 is 1.41 bits per heavy atom. The van der Waals surface area contributed by atoms with Gasteiger partial charge in [-0.15, -0.1) is 0 Å². The van der Waals surface area contributed by atoms with Crippen LogP contribution in [0.4, 0.5) is 0 Å². The Bertz CT molecular complexity index is 809. The minimum Gasteiger partial charge on any atom is -0.356 e. The number of pyridine rings is 2. The number of rotatable bonds is 3. The van der Waals surface area contributed by atoms with Crippen molar-refractivity contribution in [2.24, 2.45) is 0 Å². The van der Waals surface area contributed by atoms with E-state index in [0.29, 0.717) is 22.9 Å². The molecule has 0 atom stereocenters. The fourth-order valence-electron chi connectivity index (χ4n) is 2.10. The lowest BCUT2D eigenvalue weighted by molar-refractivity contribution is 0.425. The molecule has 0 spiro atoms. The second-order valence-electron chi connectivity index (χ2n) is 4.62. The van der Waals surface area contributed by atoms with Gasteiger partial charge in [0, 0.05) is 48.0 Å². The molecule has 0 aliphatic rings. The zero-order chi connectivity index (χ0) is 14.8. The standard InChI is InChI=1S/C16H10N4O2/c1-5-17-6-2-11(1)15-9-13(19-21-15)14-10-16(22-20-14)12-3-7-18-8-4-12/h1-10H. The van der Waals surface area contributed by atoms with Crippen LogP contribution in [-0.2, 0) is 0 Å². The predicted octanol–water partition coefficient (Wildman–Crippen LogP) is 3.45. The van der Waals surface area contributed by atoms with Gasteiger partial charge in [-0.05, 0) is 24.3 Å². The lowest BCUT2D eigenvalue weighted by atomic mass is 10.1. The Morgan fingerprint density at radius 1 is 0.591 bits per heavy atom. The predicted molar refractivity (Wildman–Crippen MR) is 78.5 cm³/mol. The van der Waals surface area contributed by atoms with Crippen molar-refractivity contribution in [3.05, 3.63) is 61.2 Å². The molecule has 6 nitrogen and oxygen atoms in total. The maximum absolute atomic E-state index is 5.35. The van der Waals surface area contributed by atoms with Crippen LogP contribution in [0.25, 0.3) is 34.0 Å². The third-order valence-electron chi connectivity index (χ3n) is 3.21. The monoisotopic (exact) mass is 290 g/mol. The molecule has 0 aliphatic heterocycles. The molecule has 0 unspecified atom stereocenters. The number of nitrogens with zero attached hydrogens (tertiary/aromatic N) is 4. The van der Waals surface area contributed by atoms with Crippen LogP contribution in [0, 0.1) is 0 Å². The lowest BCUT2D eigenvalue weighted by Crippen LogP contribution is -1.75. The zero-order valence-electron chi connectivity index (χ0n) is 11.4. The van der Waals surface area contributed by atoms with E-state index < -0.39 is 0 Å². The minimum atomic E-state index is 0.621. The van der Waals surface area contributed by atoms with Crippen molar-refractivity contribution < 1.29 is 9.05 Å². The second-order valence-corrected chi connectivity index (χ2v) is 4.62. The topological polar surface area (TPSA) is 77.8 Å². The minimum absolute atomic E-state index is 0.621. The van der Waals surface area contributed by atoms with E-state index in [-0.39, 0.29) is 0 Å². The molecule has 0 fully saturated rings. The highest BCUT2D eigenvalue weighted by molar-refractivity contribution is 5.67. The van der Waals surface area contributed by atoms with Crippen LogP contribution in [0.5, 0.6) is 0 Å². The Balaban J connectivity index is 1.66. The molecule has 22 heavy (non-hydrogen) atoms. The van der Waals surface area contributed by atoms with E-state index in [0.717, 1.165) is 11.1 Å². The SMILES string of the molecule is c1cc(-c2cc(-c3cc(-c4ccncc4)on3)no2)ccn1. The van der Waals surface area contributed by atoms with Gasteiger partial charge in [-0.2, -0.15) is 0 Å². The fourth-order valence-corrected chi connectivity index (χ4v) is 2.10. The van der Waals surface area contributed by atoms with Crippen LogP contribution in [0.2, 0.25) is 0 Å². The van der Waals surface area contributed by atoms with E-state index in [9.17, 15) is 0 Å². The highest BCUT2D eigenvalue weighted by atomic mass is 16.5. The second kappa shape index (κ2) is 5.25. The molecule has 0 saturated carbocycles. The maximum Gasteiger partial charge on any atom is 0.167 e. The Morgan fingerprint density at radius 2 is 1.00 bits per heavy atom. The molecule has 0 N–H and O–H groups in total. The van der Waals surface area contributed by atoms with Gasteiger partial charge in [0.2, 0.25) is 0 Å². The van der Waals surface area contributed by atoms with Crippen molar-refractivity contribution in [1.82, 2.24) is 20.3 Å². The molecular formula is C16H10N4O2. The van der Waals surface area contributed by atoms with Crippen LogP contribution in [0.15, 0.2) is 70.2 Å². The van der Waals surface area contributed by atoms with E-state index in [4.69, 9.17) is 9.05 Å². The largest absolute Gasteiger partial charge is 0.356 e. The molecule has 106 valence electrons. The molecule has 6 heteroatoms. The Hall–Kier alpha value is -3.28. The number of hydrogen-bond acceptors (Lipinski definition) is 6. The summed E-state index contributed by atoms with van der Waals surface area (Å²) in [7, 11) is 0. The first kappa shape index (κ1) is 12.5.